The second kappa shape index (κ2) is 5.57. The Balaban J connectivity index is 1.52. The maximum atomic E-state index is 13.1. The lowest BCUT2D eigenvalue weighted by atomic mass is 9.85. The number of allylic oxidation sites excluding steroid dienone is 4. The second-order valence-corrected chi connectivity index (χ2v) is 8.03. The molecule has 2 amide bonds. The van der Waals surface area contributed by atoms with Crippen molar-refractivity contribution in [2.45, 2.75) is 32.1 Å². The van der Waals surface area contributed by atoms with Crippen LogP contribution in [0.1, 0.15) is 32.1 Å². The van der Waals surface area contributed by atoms with Gasteiger partial charge in [0.2, 0.25) is 11.8 Å². The van der Waals surface area contributed by atoms with E-state index in [2.05, 4.69) is 12.2 Å². The zero-order valence-corrected chi connectivity index (χ0v) is 14.7. The van der Waals surface area contributed by atoms with Crippen molar-refractivity contribution >= 4 is 29.1 Å². The maximum Gasteiger partial charge on any atom is 0.238 e. The SMILES string of the molecule is O=C1C2C3C=CC(C3=C3CCCCC3)C2C(=O)N1c1ccc(Cl)cc1. The highest BCUT2D eigenvalue weighted by atomic mass is 35.5. The lowest BCUT2D eigenvalue weighted by Crippen LogP contribution is -2.33. The van der Waals surface area contributed by atoms with Crippen molar-refractivity contribution in [2.24, 2.45) is 23.7 Å². The van der Waals surface area contributed by atoms with Gasteiger partial charge in [-0.15, -0.1) is 0 Å². The van der Waals surface area contributed by atoms with E-state index in [1.165, 1.54) is 35.3 Å². The molecule has 4 heteroatoms. The Labute approximate surface area is 152 Å². The van der Waals surface area contributed by atoms with Crippen LogP contribution in [0, 0.1) is 23.7 Å². The Morgan fingerprint density at radius 1 is 0.840 bits per heavy atom. The van der Waals surface area contributed by atoms with Crippen molar-refractivity contribution in [3.8, 4) is 0 Å². The summed E-state index contributed by atoms with van der Waals surface area (Å²) in [6, 6.07) is 6.98. The van der Waals surface area contributed by atoms with Gasteiger partial charge in [-0.25, -0.2) is 4.90 Å². The molecule has 0 N–H and O–H groups in total. The molecular formula is C21H20ClNO2. The average Bonchev–Trinajstić information content (AvgIpc) is 3.27. The number of carbonyl (C=O) groups is 2. The van der Waals surface area contributed by atoms with Crippen molar-refractivity contribution in [1.29, 1.82) is 0 Å². The molecular weight excluding hydrogens is 334 g/mol. The van der Waals surface area contributed by atoms with E-state index in [1.54, 1.807) is 24.3 Å². The van der Waals surface area contributed by atoms with Gasteiger partial charge in [-0.05, 0) is 49.9 Å². The molecule has 0 spiro atoms. The Bertz CT molecular complexity index is 781. The number of anilines is 1. The number of nitrogens with zero attached hydrogens (tertiary/aromatic N) is 1. The molecule has 128 valence electrons. The van der Waals surface area contributed by atoms with Gasteiger partial charge in [0.1, 0.15) is 0 Å². The minimum Gasteiger partial charge on any atom is -0.274 e. The Morgan fingerprint density at radius 3 is 1.96 bits per heavy atom. The van der Waals surface area contributed by atoms with Crippen molar-refractivity contribution in [3.05, 3.63) is 52.6 Å². The first-order valence-corrected chi connectivity index (χ1v) is 9.58. The summed E-state index contributed by atoms with van der Waals surface area (Å²) >= 11 is 5.94. The number of imide groups is 1. The molecule has 4 aliphatic rings. The van der Waals surface area contributed by atoms with E-state index >= 15 is 0 Å². The van der Waals surface area contributed by atoms with E-state index in [4.69, 9.17) is 11.6 Å². The molecule has 3 aliphatic carbocycles. The van der Waals surface area contributed by atoms with Crippen LogP contribution in [0.5, 0.6) is 0 Å². The molecule has 2 bridgehead atoms. The topological polar surface area (TPSA) is 37.4 Å². The number of fused-ring (bicyclic) bond motifs is 5. The van der Waals surface area contributed by atoms with Crippen LogP contribution in [-0.2, 0) is 9.59 Å². The summed E-state index contributed by atoms with van der Waals surface area (Å²) in [6.45, 7) is 0. The summed E-state index contributed by atoms with van der Waals surface area (Å²) < 4.78 is 0. The van der Waals surface area contributed by atoms with Crippen molar-refractivity contribution in [1.82, 2.24) is 0 Å². The second-order valence-electron chi connectivity index (χ2n) is 7.60. The van der Waals surface area contributed by atoms with Gasteiger partial charge in [0, 0.05) is 16.9 Å². The smallest absolute Gasteiger partial charge is 0.238 e. The number of amides is 2. The normalized spacial score (nSPS) is 33.6. The molecule has 1 aromatic carbocycles. The summed E-state index contributed by atoms with van der Waals surface area (Å²) in [6.07, 6.45) is 10.4. The third-order valence-electron chi connectivity index (χ3n) is 6.37. The van der Waals surface area contributed by atoms with E-state index in [9.17, 15) is 9.59 Å². The van der Waals surface area contributed by atoms with Crippen LogP contribution in [0.3, 0.4) is 0 Å². The quantitative estimate of drug-likeness (QED) is 0.549. The summed E-state index contributed by atoms with van der Waals surface area (Å²) in [4.78, 5) is 27.6. The average molecular weight is 354 g/mol. The van der Waals surface area contributed by atoms with Gasteiger partial charge < -0.3 is 0 Å². The summed E-state index contributed by atoms with van der Waals surface area (Å²) in [7, 11) is 0. The zero-order chi connectivity index (χ0) is 17.1. The summed E-state index contributed by atoms with van der Waals surface area (Å²) in [5.74, 6) is -0.218. The van der Waals surface area contributed by atoms with Gasteiger partial charge in [0.25, 0.3) is 0 Å². The summed E-state index contributed by atoms with van der Waals surface area (Å²) in [5, 5.41) is 0.606. The molecule has 2 saturated carbocycles. The molecule has 5 rings (SSSR count). The highest BCUT2D eigenvalue weighted by Gasteiger charge is 2.62. The van der Waals surface area contributed by atoms with Crippen molar-refractivity contribution < 1.29 is 9.59 Å². The molecule has 25 heavy (non-hydrogen) atoms. The number of rotatable bonds is 1. The van der Waals surface area contributed by atoms with Crippen LogP contribution in [0.2, 0.25) is 5.02 Å². The first kappa shape index (κ1) is 15.4. The molecule has 0 radical (unpaired) electrons. The lowest BCUT2D eigenvalue weighted by Gasteiger charge is -2.23. The van der Waals surface area contributed by atoms with Crippen LogP contribution in [0.4, 0.5) is 5.69 Å². The first-order valence-electron chi connectivity index (χ1n) is 9.20. The number of halogens is 1. The van der Waals surface area contributed by atoms with E-state index < -0.39 is 0 Å². The lowest BCUT2D eigenvalue weighted by molar-refractivity contribution is -0.122. The standard InChI is InChI=1S/C21H20ClNO2/c22-13-6-8-14(9-7-13)23-20(24)18-15-10-11-16(19(18)21(23)25)17(15)12-4-2-1-3-5-12/h6-11,15-16,18-19H,1-5H2. The third kappa shape index (κ3) is 2.11. The van der Waals surface area contributed by atoms with Crippen LogP contribution < -0.4 is 4.90 Å². The van der Waals surface area contributed by atoms with Crippen LogP contribution in [0.25, 0.3) is 0 Å². The monoisotopic (exact) mass is 353 g/mol. The minimum absolute atomic E-state index is 0.0388. The van der Waals surface area contributed by atoms with E-state index in [0.717, 1.165) is 12.8 Å². The molecule has 1 heterocycles. The molecule has 4 atom stereocenters. The fraction of sp³-hybridized carbons (Fsp3) is 0.429. The van der Waals surface area contributed by atoms with Crippen LogP contribution in [0.15, 0.2) is 47.6 Å². The van der Waals surface area contributed by atoms with E-state index in [-0.39, 0.29) is 35.5 Å². The van der Waals surface area contributed by atoms with Gasteiger partial charge in [-0.2, -0.15) is 0 Å². The Kier molecular flexibility index (Phi) is 3.43. The van der Waals surface area contributed by atoms with Gasteiger partial charge in [0.15, 0.2) is 0 Å². The largest absolute Gasteiger partial charge is 0.274 e. The first-order chi connectivity index (χ1) is 12.2. The minimum atomic E-state index is -0.206. The number of carbonyl (C=O) groups excluding carboxylic acids is 2. The van der Waals surface area contributed by atoms with Crippen molar-refractivity contribution in [3.63, 3.8) is 0 Å². The zero-order valence-electron chi connectivity index (χ0n) is 14.0. The molecule has 3 nitrogen and oxygen atoms in total. The number of hydrogen-bond donors (Lipinski definition) is 0. The molecule has 1 aromatic rings. The molecule has 4 unspecified atom stereocenters. The maximum absolute atomic E-state index is 13.1. The molecule has 0 aromatic heterocycles. The third-order valence-corrected chi connectivity index (χ3v) is 6.62. The number of benzene rings is 1. The van der Waals surface area contributed by atoms with Gasteiger partial charge in [-0.1, -0.05) is 41.3 Å². The molecule has 1 saturated heterocycles. The van der Waals surface area contributed by atoms with E-state index in [0.29, 0.717) is 10.7 Å². The molecule has 3 fully saturated rings. The van der Waals surface area contributed by atoms with Crippen molar-refractivity contribution in [2.75, 3.05) is 4.90 Å². The highest BCUT2D eigenvalue weighted by molar-refractivity contribution is 6.31. The number of hydrogen-bond acceptors (Lipinski definition) is 2. The Morgan fingerprint density at radius 2 is 1.40 bits per heavy atom. The predicted octanol–water partition coefficient (Wildman–Crippen LogP) is 4.52. The van der Waals surface area contributed by atoms with Crippen LogP contribution in [-0.4, -0.2) is 11.8 Å². The molecule has 1 aliphatic heterocycles. The summed E-state index contributed by atoms with van der Waals surface area (Å²) in [5.41, 5.74) is 3.58. The fourth-order valence-electron chi connectivity index (χ4n) is 5.35. The highest BCUT2D eigenvalue weighted by Crippen LogP contribution is 2.58. The van der Waals surface area contributed by atoms with Gasteiger partial charge in [-0.3, -0.25) is 9.59 Å². The Hall–Kier alpha value is -1.87. The van der Waals surface area contributed by atoms with E-state index in [1.807, 2.05) is 0 Å². The predicted molar refractivity (Wildman–Crippen MR) is 97.2 cm³/mol. The van der Waals surface area contributed by atoms with Gasteiger partial charge >= 0.3 is 0 Å². The fourth-order valence-corrected chi connectivity index (χ4v) is 5.47. The van der Waals surface area contributed by atoms with Crippen LogP contribution >= 0.6 is 11.6 Å². The van der Waals surface area contributed by atoms with Gasteiger partial charge in [0.05, 0.1) is 17.5 Å².